The van der Waals surface area contributed by atoms with E-state index in [1.54, 1.807) is 6.07 Å². The molecule has 0 saturated carbocycles. The van der Waals surface area contributed by atoms with Crippen LogP contribution in [0.3, 0.4) is 0 Å². The van der Waals surface area contributed by atoms with Crippen LogP contribution in [0.25, 0.3) is 11.0 Å². The lowest BCUT2D eigenvalue weighted by Crippen LogP contribution is -2.05. The maximum Gasteiger partial charge on any atom is 0.202 e. The average Bonchev–Trinajstić information content (AvgIpc) is 2.95. The van der Waals surface area contributed by atoms with Gasteiger partial charge in [0.15, 0.2) is 0 Å². The SMILES string of the molecule is Cc1nsc(NCCc2nc3ccc(F)cc3[nH]2)n1. The third kappa shape index (κ3) is 2.70. The van der Waals surface area contributed by atoms with Crippen molar-refractivity contribution < 1.29 is 4.39 Å². The monoisotopic (exact) mass is 277 g/mol. The molecule has 7 heteroatoms. The molecule has 98 valence electrons. The zero-order chi connectivity index (χ0) is 13.2. The largest absolute Gasteiger partial charge is 0.360 e. The number of aromatic amines is 1. The van der Waals surface area contributed by atoms with Gasteiger partial charge in [0.25, 0.3) is 0 Å². The van der Waals surface area contributed by atoms with Gasteiger partial charge < -0.3 is 10.3 Å². The lowest BCUT2D eigenvalue weighted by molar-refractivity contribution is 0.629. The van der Waals surface area contributed by atoms with Crippen LogP contribution in [0.2, 0.25) is 0 Å². The van der Waals surface area contributed by atoms with Crippen molar-refractivity contribution in [1.82, 2.24) is 19.3 Å². The number of nitrogens with zero attached hydrogens (tertiary/aromatic N) is 3. The summed E-state index contributed by atoms with van der Waals surface area (Å²) in [6.45, 7) is 2.56. The Hall–Kier alpha value is -2.02. The molecule has 0 unspecified atom stereocenters. The Morgan fingerprint density at radius 3 is 3.05 bits per heavy atom. The Bertz CT molecular complexity index is 705. The molecule has 19 heavy (non-hydrogen) atoms. The van der Waals surface area contributed by atoms with Crippen LogP contribution in [0.15, 0.2) is 18.2 Å². The molecular weight excluding hydrogens is 265 g/mol. The summed E-state index contributed by atoms with van der Waals surface area (Å²) >= 11 is 1.34. The molecule has 0 atom stereocenters. The van der Waals surface area contributed by atoms with Gasteiger partial charge in [0, 0.05) is 24.5 Å². The maximum atomic E-state index is 13.0. The number of aryl methyl sites for hydroxylation is 1. The Morgan fingerprint density at radius 2 is 2.26 bits per heavy atom. The van der Waals surface area contributed by atoms with Crippen LogP contribution in [0.1, 0.15) is 11.6 Å². The number of imidazole rings is 1. The van der Waals surface area contributed by atoms with Crippen molar-refractivity contribution in [3.05, 3.63) is 35.7 Å². The van der Waals surface area contributed by atoms with E-state index in [2.05, 4.69) is 24.6 Å². The predicted octanol–water partition coefficient (Wildman–Crippen LogP) is 2.52. The van der Waals surface area contributed by atoms with Gasteiger partial charge in [-0.3, -0.25) is 0 Å². The predicted molar refractivity (Wildman–Crippen MR) is 72.9 cm³/mol. The first-order valence-corrected chi connectivity index (χ1v) is 6.66. The van der Waals surface area contributed by atoms with Crippen LogP contribution in [0.4, 0.5) is 9.52 Å². The Morgan fingerprint density at radius 1 is 1.37 bits per heavy atom. The van der Waals surface area contributed by atoms with Crippen molar-refractivity contribution in [1.29, 1.82) is 0 Å². The summed E-state index contributed by atoms with van der Waals surface area (Å²) in [6.07, 6.45) is 0.717. The molecule has 0 radical (unpaired) electrons. The number of nitrogens with one attached hydrogen (secondary N) is 2. The molecule has 5 nitrogen and oxygen atoms in total. The molecule has 2 aromatic heterocycles. The fourth-order valence-corrected chi connectivity index (χ4v) is 2.41. The van der Waals surface area contributed by atoms with Crippen LogP contribution < -0.4 is 5.32 Å². The lowest BCUT2D eigenvalue weighted by atomic mass is 10.3. The summed E-state index contributed by atoms with van der Waals surface area (Å²) in [5.74, 6) is 1.34. The fourth-order valence-electron chi connectivity index (χ4n) is 1.81. The van der Waals surface area contributed by atoms with Crippen molar-refractivity contribution in [2.24, 2.45) is 0 Å². The van der Waals surface area contributed by atoms with Gasteiger partial charge in [-0.1, -0.05) is 0 Å². The Kier molecular flexibility index (Phi) is 3.12. The number of anilines is 1. The first-order chi connectivity index (χ1) is 9.20. The fraction of sp³-hybridized carbons (Fsp3) is 0.250. The van der Waals surface area contributed by atoms with Gasteiger partial charge in [-0.2, -0.15) is 4.37 Å². The summed E-state index contributed by atoms with van der Waals surface area (Å²) in [5, 5.41) is 3.99. The number of rotatable bonds is 4. The van der Waals surface area contributed by atoms with Crippen LogP contribution in [-0.4, -0.2) is 25.9 Å². The number of H-pyrrole nitrogens is 1. The third-order valence-corrected chi connectivity index (χ3v) is 3.42. The van der Waals surface area contributed by atoms with Gasteiger partial charge in [0.1, 0.15) is 17.5 Å². The van der Waals surface area contributed by atoms with Gasteiger partial charge in [0.2, 0.25) is 5.13 Å². The summed E-state index contributed by atoms with van der Waals surface area (Å²) in [6, 6.07) is 4.54. The second-order valence-electron chi connectivity index (χ2n) is 4.17. The number of halogens is 1. The van der Waals surface area contributed by atoms with Crippen molar-refractivity contribution in [2.75, 3.05) is 11.9 Å². The van der Waals surface area contributed by atoms with E-state index in [1.807, 2.05) is 6.92 Å². The molecule has 3 aromatic rings. The van der Waals surface area contributed by atoms with E-state index in [4.69, 9.17) is 0 Å². The second-order valence-corrected chi connectivity index (χ2v) is 4.92. The molecule has 0 aliphatic rings. The molecule has 2 heterocycles. The first kappa shape index (κ1) is 12.0. The molecule has 0 fully saturated rings. The van der Waals surface area contributed by atoms with Gasteiger partial charge in [-0.25, -0.2) is 14.4 Å². The summed E-state index contributed by atoms with van der Waals surface area (Å²) < 4.78 is 17.1. The number of hydrogen-bond acceptors (Lipinski definition) is 5. The highest BCUT2D eigenvalue weighted by Gasteiger charge is 2.04. The molecule has 2 N–H and O–H groups in total. The van der Waals surface area contributed by atoms with Gasteiger partial charge in [-0.05, 0) is 25.1 Å². The minimum absolute atomic E-state index is 0.259. The second kappa shape index (κ2) is 4.93. The van der Waals surface area contributed by atoms with E-state index in [-0.39, 0.29) is 5.82 Å². The molecule has 0 bridgehead atoms. The van der Waals surface area contributed by atoms with Crippen LogP contribution >= 0.6 is 11.5 Å². The van der Waals surface area contributed by atoms with Gasteiger partial charge in [-0.15, -0.1) is 0 Å². The number of hydrogen-bond donors (Lipinski definition) is 2. The van der Waals surface area contributed by atoms with Gasteiger partial charge in [0.05, 0.1) is 11.0 Å². The highest BCUT2D eigenvalue weighted by atomic mass is 32.1. The van der Waals surface area contributed by atoms with E-state index in [0.29, 0.717) is 6.54 Å². The van der Waals surface area contributed by atoms with Crippen LogP contribution in [-0.2, 0) is 6.42 Å². The van der Waals surface area contributed by atoms with E-state index in [9.17, 15) is 4.39 Å². The van der Waals surface area contributed by atoms with Crippen molar-refractivity contribution >= 4 is 27.7 Å². The van der Waals surface area contributed by atoms with E-state index in [1.165, 1.54) is 23.7 Å². The van der Waals surface area contributed by atoms with Crippen molar-refractivity contribution in [3.8, 4) is 0 Å². The van der Waals surface area contributed by atoms with Crippen LogP contribution in [0, 0.1) is 12.7 Å². The van der Waals surface area contributed by atoms with Gasteiger partial charge >= 0.3 is 0 Å². The first-order valence-electron chi connectivity index (χ1n) is 5.89. The zero-order valence-corrected chi connectivity index (χ0v) is 11.1. The molecular formula is C12H12FN5S. The molecule has 1 aromatic carbocycles. The minimum Gasteiger partial charge on any atom is -0.360 e. The number of aromatic nitrogens is 4. The average molecular weight is 277 g/mol. The maximum absolute atomic E-state index is 13.0. The summed E-state index contributed by atoms with van der Waals surface area (Å²) in [7, 11) is 0. The molecule has 3 rings (SSSR count). The highest BCUT2D eigenvalue weighted by Crippen LogP contribution is 2.14. The summed E-state index contributed by atoms with van der Waals surface area (Å²) in [5.41, 5.74) is 1.50. The van der Waals surface area contributed by atoms with Crippen molar-refractivity contribution in [3.63, 3.8) is 0 Å². The zero-order valence-electron chi connectivity index (χ0n) is 10.3. The standard InChI is InChI=1S/C12H12FN5S/c1-7-15-12(19-18-7)14-5-4-11-16-9-3-2-8(13)6-10(9)17-11/h2-3,6H,4-5H2,1H3,(H,16,17)(H,14,15,18). The summed E-state index contributed by atoms with van der Waals surface area (Å²) in [4.78, 5) is 11.7. The van der Waals surface area contributed by atoms with Crippen molar-refractivity contribution in [2.45, 2.75) is 13.3 Å². The minimum atomic E-state index is -0.259. The Labute approximate surface area is 113 Å². The highest BCUT2D eigenvalue weighted by molar-refractivity contribution is 7.09. The molecule has 0 aliphatic heterocycles. The molecule has 0 saturated heterocycles. The smallest absolute Gasteiger partial charge is 0.202 e. The number of benzene rings is 1. The quantitative estimate of drug-likeness (QED) is 0.769. The molecule has 0 amide bonds. The Balaban J connectivity index is 1.65. The molecule has 0 spiro atoms. The van der Waals surface area contributed by atoms with E-state index in [0.717, 1.165) is 34.2 Å². The van der Waals surface area contributed by atoms with E-state index < -0.39 is 0 Å². The molecule has 0 aliphatic carbocycles. The third-order valence-electron chi connectivity index (χ3n) is 2.66. The topological polar surface area (TPSA) is 66.5 Å². The number of fused-ring (bicyclic) bond motifs is 1. The van der Waals surface area contributed by atoms with E-state index >= 15 is 0 Å². The normalized spacial score (nSPS) is 11.1. The lowest BCUT2D eigenvalue weighted by Gasteiger charge is -1.98. The van der Waals surface area contributed by atoms with Crippen LogP contribution in [0.5, 0.6) is 0 Å².